The van der Waals surface area contributed by atoms with Gasteiger partial charge < -0.3 is 15.2 Å². The number of carboxylic acid groups (broad SMARTS) is 1. The number of hydrogen-bond acceptors (Lipinski definition) is 4. The molecule has 37 heavy (non-hydrogen) atoms. The van der Waals surface area contributed by atoms with E-state index in [0.29, 0.717) is 38.5 Å². The van der Waals surface area contributed by atoms with E-state index in [4.69, 9.17) is 4.74 Å². The maximum Gasteiger partial charge on any atom is 0.306 e. The first-order chi connectivity index (χ1) is 17.6. The Kier molecular flexibility index (Phi) is 8.65. The Bertz CT molecular complexity index is 1200. The molecule has 1 heterocycles. The van der Waals surface area contributed by atoms with Crippen LogP contribution < -0.4 is 5.32 Å². The lowest BCUT2D eigenvalue weighted by atomic mass is 9.86. The van der Waals surface area contributed by atoms with Crippen LogP contribution in [0.25, 0.3) is 5.57 Å². The van der Waals surface area contributed by atoms with E-state index in [-0.39, 0.29) is 35.9 Å². The third-order valence-corrected chi connectivity index (χ3v) is 8.32. The number of amides is 1. The predicted molar refractivity (Wildman–Crippen MR) is 146 cm³/mol. The Morgan fingerprint density at radius 2 is 1.78 bits per heavy atom. The van der Waals surface area contributed by atoms with Crippen LogP contribution in [0.4, 0.5) is 4.39 Å². The van der Waals surface area contributed by atoms with Crippen molar-refractivity contribution in [3.8, 4) is 0 Å². The zero-order valence-electron chi connectivity index (χ0n) is 22.0. The van der Waals surface area contributed by atoms with Crippen LogP contribution in [-0.4, -0.2) is 35.2 Å². The summed E-state index contributed by atoms with van der Waals surface area (Å²) in [6.45, 7) is 7.93. The quantitative estimate of drug-likeness (QED) is 0.399. The average Bonchev–Trinajstić information content (AvgIpc) is 3.11. The maximum atomic E-state index is 14.2. The summed E-state index contributed by atoms with van der Waals surface area (Å²) in [5.74, 6) is -1.39. The number of carboxylic acids is 1. The molecule has 1 saturated carbocycles. The molecule has 1 fully saturated rings. The van der Waals surface area contributed by atoms with Crippen molar-refractivity contribution in [2.24, 2.45) is 5.92 Å². The average molecular weight is 526 g/mol. The monoisotopic (exact) mass is 525 g/mol. The minimum Gasteiger partial charge on any atom is -0.481 e. The highest BCUT2D eigenvalue weighted by molar-refractivity contribution is 7.12. The van der Waals surface area contributed by atoms with Gasteiger partial charge in [0, 0.05) is 22.2 Å². The van der Waals surface area contributed by atoms with Gasteiger partial charge in [0.25, 0.3) is 5.91 Å². The molecule has 2 N–H and O–H groups in total. The van der Waals surface area contributed by atoms with Gasteiger partial charge in [-0.15, -0.1) is 11.3 Å². The summed E-state index contributed by atoms with van der Waals surface area (Å²) in [7, 11) is 0. The molecule has 5 nitrogen and oxygen atoms in total. The summed E-state index contributed by atoms with van der Waals surface area (Å²) in [5, 5.41) is 12.4. The molecule has 1 aromatic carbocycles. The molecule has 0 spiro atoms. The predicted octanol–water partition coefficient (Wildman–Crippen LogP) is 6.76. The van der Waals surface area contributed by atoms with E-state index in [1.54, 1.807) is 17.4 Å². The SMILES string of the molecule is Cc1sc(C)c(C(=O)NC2CCC(C(=O)O)CC2)c1Cc1ccc(C2=CC(F)=CC(OC(C)C)C2)cc1. The molecular formula is C30H36FNO4S. The number of nitrogens with one attached hydrogen (secondary N) is 1. The first-order valence-corrected chi connectivity index (χ1v) is 13.9. The van der Waals surface area contributed by atoms with Gasteiger partial charge in [-0.25, -0.2) is 4.39 Å². The van der Waals surface area contributed by atoms with E-state index in [9.17, 15) is 19.1 Å². The fraction of sp³-hybridized carbons (Fsp3) is 0.467. The van der Waals surface area contributed by atoms with E-state index >= 15 is 0 Å². The number of ether oxygens (including phenoxy) is 1. The van der Waals surface area contributed by atoms with E-state index < -0.39 is 5.97 Å². The lowest BCUT2D eigenvalue weighted by Crippen LogP contribution is -2.39. The summed E-state index contributed by atoms with van der Waals surface area (Å²) >= 11 is 1.63. The van der Waals surface area contributed by atoms with Crippen molar-refractivity contribution in [1.29, 1.82) is 0 Å². The van der Waals surface area contributed by atoms with Gasteiger partial charge in [0.1, 0.15) is 5.83 Å². The molecule has 2 aliphatic carbocycles. The molecule has 2 aliphatic rings. The smallest absolute Gasteiger partial charge is 0.306 e. The number of carbonyl (C=O) groups is 2. The Hall–Kier alpha value is -2.77. The normalized spacial score (nSPS) is 21.9. The molecule has 0 aliphatic heterocycles. The second kappa shape index (κ2) is 11.7. The summed E-state index contributed by atoms with van der Waals surface area (Å²) < 4.78 is 20.0. The zero-order valence-corrected chi connectivity index (χ0v) is 22.8. The van der Waals surface area contributed by atoms with Crippen molar-refractivity contribution in [3.63, 3.8) is 0 Å². The van der Waals surface area contributed by atoms with Gasteiger partial charge in [-0.1, -0.05) is 24.3 Å². The zero-order chi connectivity index (χ0) is 26.7. The third-order valence-electron chi connectivity index (χ3n) is 7.25. The molecule has 4 rings (SSSR count). The number of hydrogen-bond donors (Lipinski definition) is 2. The first kappa shape index (κ1) is 27.3. The summed E-state index contributed by atoms with van der Waals surface area (Å²) in [4.78, 5) is 26.6. The molecule has 0 bridgehead atoms. The van der Waals surface area contributed by atoms with Gasteiger partial charge in [-0.3, -0.25) is 9.59 Å². The molecule has 0 radical (unpaired) electrons. The number of benzene rings is 1. The van der Waals surface area contributed by atoms with E-state index in [1.165, 1.54) is 6.08 Å². The molecule has 7 heteroatoms. The largest absolute Gasteiger partial charge is 0.481 e. The van der Waals surface area contributed by atoms with E-state index in [1.807, 2.05) is 52.0 Å². The van der Waals surface area contributed by atoms with Gasteiger partial charge in [0.05, 0.1) is 23.7 Å². The maximum absolute atomic E-state index is 14.2. The van der Waals surface area contributed by atoms with Crippen LogP contribution >= 0.6 is 11.3 Å². The van der Waals surface area contributed by atoms with Crippen LogP contribution in [0.3, 0.4) is 0 Å². The number of aryl methyl sites for hydroxylation is 2. The molecule has 198 valence electrons. The summed E-state index contributed by atoms with van der Waals surface area (Å²) in [6, 6.07) is 8.14. The first-order valence-electron chi connectivity index (χ1n) is 13.1. The van der Waals surface area contributed by atoms with Gasteiger partial charge in [-0.2, -0.15) is 0 Å². The van der Waals surface area contributed by atoms with Gasteiger partial charge in [0.15, 0.2) is 0 Å². The van der Waals surface area contributed by atoms with Crippen molar-refractivity contribution in [3.05, 3.63) is 74.3 Å². The summed E-state index contributed by atoms with van der Waals surface area (Å²) in [5.41, 5.74) is 4.74. The molecule has 1 atom stereocenters. The number of allylic oxidation sites excluding steroid dienone is 2. The lowest BCUT2D eigenvalue weighted by Gasteiger charge is -2.27. The van der Waals surface area contributed by atoms with Gasteiger partial charge in [0.2, 0.25) is 0 Å². The Balaban J connectivity index is 1.45. The minimum atomic E-state index is -0.743. The highest BCUT2D eigenvalue weighted by Crippen LogP contribution is 2.33. The standard InChI is InChI=1S/C30H36FNO4S/c1-17(2)36-26-15-23(14-24(31)16-26)21-7-5-20(6-8-21)13-27-18(3)37-19(4)28(27)29(33)32-25-11-9-22(10-12-25)30(34)35/h5-8,14,16-17,22,25-26H,9-13,15H2,1-4H3,(H,32,33)(H,34,35). The van der Waals surface area contributed by atoms with Crippen LogP contribution in [0, 0.1) is 19.8 Å². The molecule has 0 saturated heterocycles. The van der Waals surface area contributed by atoms with E-state index in [0.717, 1.165) is 37.6 Å². The van der Waals surface area contributed by atoms with Crippen LogP contribution in [-0.2, 0) is 16.0 Å². The number of carbonyl (C=O) groups excluding carboxylic acids is 1. The van der Waals surface area contributed by atoms with Crippen LogP contribution in [0.1, 0.15) is 82.8 Å². The third kappa shape index (κ3) is 6.76. The van der Waals surface area contributed by atoms with Crippen LogP contribution in [0.2, 0.25) is 0 Å². The number of thiophene rings is 1. The Morgan fingerprint density at radius 3 is 2.41 bits per heavy atom. The van der Waals surface area contributed by atoms with Gasteiger partial charge in [-0.05, 0) is 94.2 Å². The second-order valence-corrected chi connectivity index (χ2v) is 11.9. The minimum absolute atomic E-state index is 0.0107. The Morgan fingerprint density at radius 1 is 1.11 bits per heavy atom. The fourth-order valence-corrected chi connectivity index (χ4v) is 6.46. The topological polar surface area (TPSA) is 75.6 Å². The van der Waals surface area contributed by atoms with Crippen molar-refractivity contribution in [2.45, 2.75) is 84.5 Å². The number of halogens is 1. The van der Waals surface area contributed by atoms with Crippen molar-refractivity contribution in [2.75, 3.05) is 0 Å². The highest BCUT2D eigenvalue weighted by Gasteiger charge is 2.28. The number of aliphatic carboxylic acids is 1. The second-order valence-electron chi connectivity index (χ2n) is 10.5. The van der Waals surface area contributed by atoms with Crippen molar-refractivity contribution in [1.82, 2.24) is 5.32 Å². The lowest BCUT2D eigenvalue weighted by molar-refractivity contribution is -0.142. The fourth-order valence-electron chi connectivity index (χ4n) is 5.39. The van der Waals surface area contributed by atoms with Crippen molar-refractivity contribution >= 4 is 28.8 Å². The van der Waals surface area contributed by atoms with Crippen LogP contribution in [0.5, 0.6) is 0 Å². The highest BCUT2D eigenvalue weighted by atomic mass is 32.1. The Labute approximate surface area is 222 Å². The molecule has 1 unspecified atom stereocenters. The van der Waals surface area contributed by atoms with Crippen molar-refractivity contribution < 1.29 is 23.8 Å². The summed E-state index contributed by atoms with van der Waals surface area (Å²) in [6.07, 6.45) is 6.72. The van der Waals surface area contributed by atoms with E-state index in [2.05, 4.69) is 5.32 Å². The molecule has 1 amide bonds. The molecule has 2 aromatic rings. The molecular weight excluding hydrogens is 489 g/mol. The van der Waals surface area contributed by atoms with Gasteiger partial charge >= 0.3 is 5.97 Å². The number of rotatable bonds is 8. The molecule has 1 aromatic heterocycles. The van der Waals surface area contributed by atoms with Crippen LogP contribution in [0.15, 0.2) is 42.2 Å².